The SMILES string of the molecule is CC(C)(C)C(=O)Nc1ccc(-c2ccc(NC(=O)Nc3ccc(OCCN4CCCCC4)c(F)c3)cc2)cn1. The number of nitrogens with zero attached hydrogens (tertiary/aromatic N) is 2. The van der Waals surface area contributed by atoms with Gasteiger partial charge in [-0.1, -0.05) is 39.3 Å². The number of halogens is 1. The number of piperidine rings is 1. The van der Waals surface area contributed by atoms with Crippen molar-refractivity contribution in [1.82, 2.24) is 9.88 Å². The van der Waals surface area contributed by atoms with Crippen LogP contribution in [-0.4, -0.2) is 48.1 Å². The summed E-state index contributed by atoms with van der Waals surface area (Å²) < 4.78 is 20.1. The lowest BCUT2D eigenvalue weighted by Crippen LogP contribution is -2.33. The number of ether oxygens (including phenoxy) is 1. The van der Waals surface area contributed by atoms with E-state index in [9.17, 15) is 14.0 Å². The number of nitrogens with one attached hydrogen (secondary N) is 3. The molecule has 2 aromatic carbocycles. The molecule has 0 spiro atoms. The molecule has 206 valence electrons. The molecule has 0 saturated carbocycles. The van der Waals surface area contributed by atoms with Crippen LogP contribution in [0.4, 0.5) is 26.4 Å². The number of rotatable bonds is 8. The number of pyridine rings is 1. The van der Waals surface area contributed by atoms with Gasteiger partial charge in [0.25, 0.3) is 0 Å². The lowest BCUT2D eigenvalue weighted by atomic mass is 9.96. The Morgan fingerprint density at radius 3 is 2.21 bits per heavy atom. The number of amides is 3. The van der Waals surface area contributed by atoms with Gasteiger partial charge < -0.3 is 20.7 Å². The zero-order chi connectivity index (χ0) is 27.8. The van der Waals surface area contributed by atoms with Gasteiger partial charge in [0.05, 0.1) is 0 Å². The zero-order valence-electron chi connectivity index (χ0n) is 22.7. The molecule has 8 nitrogen and oxygen atoms in total. The highest BCUT2D eigenvalue weighted by Gasteiger charge is 2.21. The van der Waals surface area contributed by atoms with Crippen LogP contribution < -0.4 is 20.7 Å². The van der Waals surface area contributed by atoms with Crippen molar-refractivity contribution in [1.29, 1.82) is 0 Å². The summed E-state index contributed by atoms with van der Waals surface area (Å²) >= 11 is 0. The summed E-state index contributed by atoms with van der Waals surface area (Å²) in [6.45, 7) is 8.85. The summed E-state index contributed by atoms with van der Waals surface area (Å²) in [5.74, 6) is 0.0369. The first-order valence-electron chi connectivity index (χ1n) is 13.3. The monoisotopic (exact) mass is 533 g/mol. The molecule has 0 atom stereocenters. The van der Waals surface area contributed by atoms with E-state index in [4.69, 9.17) is 4.74 Å². The van der Waals surface area contributed by atoms with Crippen molar-refractivity contribution >= 4 is 29.1 Å². The van der Waals surface area contributed by atoms with Crippen LogP contribution in [-0.2, 0) is 4.79 Å². The van der Waals surface area contributed by atoms with Crippen LogP contribution in [0.2, 0.25) is 0 Å². The summed E-state index contributed by atoms with van der Waals surface area (Å²) in [5, 5.41) is 8.19. The number of hydrogen-bond donors (Lipinski definition) is 3. The minimum Gasteiger partial charge on any atom is -0.489 e. The van der Waals surface area contributed by atoms with Gasteiger partial charge in [0.2, 0.25) is 5.91 Å². The Morgan fingerprint density at radius 1 is 0.897 bits per heavy atom. The molecule has 2 heterocycles. The predicted molar refractivity (Wildman–Crippen MR) is 153 cm³/mol. The Balaban J connectivity index is 1.26. The highest BCUT2D eigenvalue weighted by molar-refractivity contribution is 6.00. The van der Waals surface area contributed by atoms with Crippen LogP contribution in [0.25, 0.3) is 11.1 Å². The number of anilines is 3. The number of urea groups is 1. The number of carbonyl (C=O) groups is 2. The summed E-state index contributed by atoms with van der Waals surface area (Å²) in [7, 11) is 0. The standard InChI is InChI=1S/C30H36FN5O3/c1-30(2,3)28(37)35-27-14-9-22(20-32-27)21-7-10-23(11-8-21)33-29(38)34-24-12-13-26(25(31)19-24)39-18-17-36-15-5-4-6-16-36/h7-14,19-20H,4-6,15-18H2,1-3H3,(H,32,35,37)(H2,33,34,38). The number of aromatic nitrogens is 1. The first-order valence-corrected chi connectivity index (χ1v) is 13.3. The van der Waals surface area contributed by atoms with Crippen LogP contribution >= 0.6 is 0 Å². The quantitative estimate of drug-likeness (QED) is 0.312. The molecule has 4 rings (SSSR count). The van der Waals surface area contributed by atoms with E-state index in [1.807, 2.05) is 39.0 Å². The lowest BCUT2D eigenvalue weighted by Gasteiger charge is -2.26. The molecular formula is C30H36FN5O3. The molecule has 1 saturated heterocycles. The smallest absolute Gasteiger partial charge is 0.323 e. The van der Waals surface area contributed by atoms with E-state index in [1.54, 1.807) is 30.5 Å². The highest BCUT2D eigenvalue weighted by Crippen LogP contribution is 2.24. The normalized spacial score (nSPS) is 13.9. The van der Waals surface area contributed by atoms with Crippen LogP contribution in [0.3, 0.4) is 0 Å². The molecule has 3 N–H and O–H groups in total. The van der Waals surface area contributed by atoms with Crippen molar-refractivity contribution in [2.45, 2.75) is 40.0 Å². The Labute approximate surface area is 229 Å². The minimum atomic E-state index is -0.520. The number of hydrogen-bond acceptors (Lipinski definition) is 5. The molecule has 0 bridgehead atoms. The molecule has 1 fully saturated rings. The fourth-order valence-electron chi connectivity index (χ4n) is 4.15. The molecule has 1 aromatic heterocycles. The van der Waals surface area contributed by atoms with Gasteiger partial charge in [0.15, 0.2) is 11.6 Å². The van der Waals surface area contributed by atoms with Gasteiger partial charge in [-0.3, -0.25) is 9.69 Å². The third kappa shape index (κ3) is 8.25. The highest BCUT2D eigenvalue weighted by atomic mass is 19.1. The Kier molecular flexibility index (Phi) is 9.14. The first kappa shape index (κ1) is 28.0. The van der Waals surface area contributed by atoms with Gasteiger partial charge in [-0.25, -0.2) is 14.2 Å². The Hall–Kier alpha value is -3.98. The molecular weight excluding hydrogens is 497 g/mol. The maximum absolute atomic E-state index is 14.5. The molecule has 3 amide bonds. The second kappa shape index (κ2) is 12.7. The van der Waals surface area contributed by atoms with E-state index in [0.29, 0.717) is 23.8 Å². The van der Waals surface area contributed by atoms with E-state index in [2.05, 4.69) is 25.8 Å². The number of benzene rings is 2. The average molecular weight is 534 g/mol. The van der Waals surface area contributed by atoms with Gasteiger partial charge in [0, 0.05) is 41.2 Å². The summed E-state index contributed by atoms with van der Waals surface area (Å²) in [5.41, 5.74) is 2.17. The van der Waals surface area contributed by atoms with Crippen LogP contribution in [0.15, 0.2) is 60.8 Å². The second-order valence-electron chi connectivity index (χ2n) is 10.7. The summed E-state index contributed by atoms with van der Waals surface area (Å²) in [4.78, 5) is 31.2. The number of carbonyl (C=O) groups excluding carboxylic acids is 2. The third-order valence-electron chi connectivity index (χ3n) is 6.47. The molecule has 1 aliphatic rings. The van der Waals surface area contributed by atoms with E-state index in [-0.39, 0.29) is 11.7 Å². The molecule has 3 aromatic rings. The maximum Gasteiger partial charge on any atom is 0.323 e. The molecule has 1 aliphatic heterocycles. The second-order valence-corrected chi connectivity index (χ2v) is 10.7. The van der Waals surface area contributed by atoms with Crippen molar-refractivity contribution < 1.29 is 18.7 Å². The van der Waals surface area contributed by atoms with Gasteiger partial charge in [0.1, 0.15) is 12.4 Å². The van der Waals surface area contributed by atoms with Gasteiger partial charge >= 0.3 is 6.03 Å². The zero-order valence-corrected chi connectivity index (χ0v) is 22.7. The van der Waals surface area contributed by atoms with Crippen molar-refractivity contribution in [3.05, 3.63) is 66.6 Å². The number of likely N-dealkylation sites (tertiary alicyclic amines) is 1. The van der Waals surface area contributed by atoms with Gasteiger partial charge in [-0.15, -0.1) is 0 Å². The third-order valence-corrected chi connectivity index (χ3v) is 6.47. The average Bonchev–Trinajstić information content (AvgIpc) is 2.91. The fourth-order valence-corrected chi connectivity index (χ4v) is 4.15. The van der Waals surface area contributed by atoms with E-state index < -0.39 is 17.3 Å². The van der Waals surface area contributed by atoms with Gasteiger partial charge in [-0.2, -0.15) is 0 Å². The summed E-state index contributed by atoms with van der Waals surface area (Å²) in [6, 6.07) is 14.8. The van der Waals surface area contributed by atoms with E-state index >= 15 is 0 Å². The Bertz CT molecular complexity index is 1270. The van der Waals surface area contributed by atoms with Crippen molar-refractivity contribution in [2.75, 3.05) is 42.2 Å². The van der Waals surface area contributed by atoms with Crippen molar-refractivity contribution in [3.63, 3.8) is 0 Å². The van der Waals surface area contributed by atoms with E-state index in [1.165, 1.54) is 31.4 Å². The molecule has 39 heavy (non-hydrogen) atoms. The molecule has 0 aliphatic carbocycles. The van der Waals surface area contributed by atoms with Crippen molar-refractivity contribution in [2.24, 2.45) is 5.41 Å². The van der Waals surface area contributed by atoms with Gasteiger partial charge in [-0.05, 0) is 67.9 Å². The molecule has 0 unspecified atom stereocenters. The molecule has 0 radical (unpaired) electrons. The predicted octanol–water partition coefficient (Wildman–Crippen LogP) is 6.38. The van der Waals surface area contributed by atoms with E-state index in [0.717, 1.165) is 30.8 Å². The Morgan fingerprint density at radius 2 is 1.56 bits per heavy atom. The first-order chi connectivity index (χ1) is 18.7. The van der Waals surface area contributed by atoms with Crippen LogP contribution in [0.5, 0.6) is 5.75 Å². The fraction of sp³-hybridized carbons (Fsp3) is 0.367. The summed E-state index contributed by atoms with van der Waals surface area (Å²) in [6.07, 6.45) is 5.36. The maximum atomic E-state index is 14.5. The largest absolute Gasteiger partial charge is 0.489 e. The van der Waals surface area contributed by atoms with Crippen molar-refractivity contribution in [3.8, 4) is 16.9 Å². The minimum absolute atomic E-state index is 0.105. The van der Waals surface area contributed by atoms with Crippen LogP contribution in [0, 0.1) is 11.2 Å². The van der Waals surface area contributed by atoms with Crippen LogP contribution in [0.1, 0.15) is 40.0 Å². The lowest BCUT2D eigenvalue weighted by molar-refractivity contribution is -0.123. The topological polar surface area (TPSA) is 95.6 Å². The molecule has 9 heteroatoms.